The molecule has 0 radical (unpaired) electrons. The van der Waals surface area contributed by atoms with Gasteiger partial charge in [0, 0.05) is 39.3 Å². The minimum absolute atomic E-state index is 0.713. The quantitative estimate of drug-likeness (QED) is 0.376. The van der Waals surface area contributed by atoms with Crippen molar-refractivity contribution in [2.75, 3.05) is 45.4 Å². The van der Waals surface area contributed by atoms with Crippen LogP contribution in [0.2, 0.25) is 19.6 Å². The van der Waals surface area contributed by atoms with E-state index < -0.39 is 8.07 Å². The van der Waals surface area contributed by atoms with Gasteiger partial charge >= 0.3 is 0 Å². The van der Waals surface area contributed by atoms with Crippen LogP contribution in [0, 0.1) is 0 Å². The van der Waals surface area contributed by atoms with Gasteiger partial charge in [0.1, 0.15) is 0 Å². The predicted molar refractivity (Wildman–Crippen MR) is 70.8 cm³/mol. The molecule has 92 valence electrons. The molecule has 0 unspecified atom stereocenters. The second kappa shape index (κ2) is 8.24. The van der Waals surface area contributed by atoms with Gasteiger partial charge in [0.25, 0.3) is 0 Å². The minimum atomic E-state index is -1.01. The van der Waals surface area contributed by atoms with Crippen LogP contribution in [0.4, 0.5) is 0 Å². The lowest BCUT2D eigenvalue weighted by atomic mass is 10.5. The molecule has 0 fully saturated rings. The lowest BCUT2D eigenvalue weighted by Gasteiger charge is -2.28. The van der Waals surface area contributed by atoms with Crippen LogP contribution in [0.25, 0.3) is 0 Å². The summed E-state index contributed by atoms with van der Waals surface area (Å²) in [4.78, 5) is 2.47. The molecule has 0 aromatic heterocycles. The molecule has 0 heterocycles. The van der Waals surface area contributed by atoms with Gasteiger partial charge in [-0.2, -0.15) is 0 Å². The number of hydrogen-bond donors (Lipinski definition) is 3. The van der Waals surface area contributed by atoms with Crippen LogP contribution in [-0.4, -0.2) is 58.4 Å². The first-order chi connectivity index (χ1) is 6.99. The van der Waals surface area contributed by atoms with Gasteiger partial charge in [-0.25, -0.2) is 0 Å². The molecule has 0 rings (SSSR count). The number of nitrogens with two attached hydrogens (primary N) is 2. The van der Waals surface area contributed by atoms with E-state index in [0.29, 0.717) is 6.54 Å². The van der Waals surface area contributed by atoms with E-state index in [0.717, 1.165) is 32.7 Å². The maximum absolute atomic E-state index is 5.61. The van der Waals surface area contributed by atoms with Crippen LogP contribution in [0.3, 0.4) is 0 Å². The Hall–Kier alpha value is 0.0569. The van der Waals surface area contributed by atoms with Gasteiger partial charge in [0.15, 0.2) is 0 Å². The van der Waals surface area contributed by atoms with Crippen molar-refractivity contribution >= 4 is 8.07 Å². The smallest absolute Gasteiger partial charge is 0.0599 e. The number of rotatable bonds is 9. The van der Waals surface area contributed by atoms with Crippen molar-refractivity contribution in [1.82, 2.24) is 10.2 Å². The molecule has 0 aliphatic carbocycles. The van der Waals surface area contributed by atoms with Gasteiger partial charge in [-0.05, 0) is 6.17 Å². The maximum atomic E-state index is 5.61. The fraction of sp³-hybridized carbons (Fsp3) is 1.00. The molecule has 4 nitrogen and oxygen atoms in total. The molecular formula is C10H28N4Si. The highest BCUT2D eigenvalue weighted by Gasteiger charge is 2.17. The molecule has 0 aromatic rings. The van der Waals surface area contributed by atoms with Gasteiger partial charge in [0.05, 0.1) is 8.07 Å². The summed E-state index contributed by atoms with van der Waals surface area (Å²) in [7, 11) is -1.01. The predicted octanol–water partition coefficient (Wildman–Crippen LogP) is -0.327. The van der Waals surface area contributed by atoms with Crippen molar-refractivity contribution in [2.24, 2.45) is 11.5 Å². The zero-order valence-corrected chi connectivity index (χ0v) is 11.6. The molecule has 0 saturated heterocycles. The summed E-state index contributed by atoms with van der Waals surface area (Å²) in [6, 6.07) is 0. The Labute approximate surface area is 95.4 Å². The van der Waals surface area contributed by atoms with E-state index in [1.165, 1.54) is 6.17 Å². The summed E-state index contributed by atoms with van der Waals surface area (Å²) in [5.74, 6) is 0. The van der Waals surface area contributed by atoms with Gasteiger partial charge in [-0.15, -0.1) is 0 Å². The number of nitrogens with zero attached hydrogens (tertiary/aromatic N) is 1. The summed E-state index contributed by atoms with van der Waals surface area (Å²) in [6.07, 6.45) is 1.23. The molecule has 15 heavy (non-hydrogen) atoms. The molecule has 0 bridgehead atoms. The van der Waals surface area contributed by atoms with Crippen LogP contribution in [-0.2, 0) is 0 Å². The summed E-state index contributed by atoms with van der Waals surface area (Å²) < 4.78 is 0. The highest BCUT2D eigenvalue weighted by Crippen LogP contribution is 2.03. The highest BCUT2D eigenvalue weighted by atomic mass is 28.3. The molecule has 0 amide bonds. The zero-order chi connectivity index (χ0) is 11.7. The highest BCUT2D eigenvalue weighted by molar-refractivity contribution is 6.76. The van der Waals surface area contributed by atoms with Gasteiger partial charge in [0.2, 0.25) is 0 Å². The average Bonchev–Trinajstić information content (AvgIpc) is 2.10. The Kier molecular flexibility index (Phi) is 8.27. The van der Waals surface area contributed by atoms with E-state index in [1.807, 2.05) is 0 Å². The Morgan fingerprint density at radius 2 is 1.67 bits per heavy atom. The van der Waals surface area contributed by atoms with E-state index in [4.69, 9.17) is 11.5 Å². The van der Waals surface area contributed by atoms with Crippen molar-refractivity contribution in [2.45, 2.75) is 19.6 Å². The minimum Gasteiger partial charge on any atom is -0.329 e. The van der Waals surface area contributed by atoms with E-state index in [2.05, 4.69) is 29.9 Å². The van der Waals surface area contributed by atoms with Crippen molar-refractivity contribution in [3.05, 3.63) is 0 Å². The molecule has 5 N–H and O–H groups in total. The molecule has 0 aromatic carbocycles. The molecule has 0 aliphatic rings. The van der Waals surface area contributed by atoms with Crippen LogP contribution in [0.5, 0.6) is 0 Å². The molecular weight excluding hydrogens is 204 g/mol. The second-order valence-electron chi connectivity index (χ2n) is 5.16. The van der Waals surface area contributed by atoms with E-state index >= 15 is 0 Å². The topological polar surface area (TPSA) is 67.3 Å². The van der Waals surface area contributed by atoms with E-state index in [9.17, 15) is 0 Å². The van der Waals surface area contributed by atoms with Crippen molar-refractivity contribution in [3.8, 4) is 0 Å². The first kappa shape index (κ1) is 15.1. The third-order valence-corrected chi connectivity index (χ3v) is 3.47. The van der Waals surface area contributed by atoms with Crippen molar-refractivity contribution < 1.29 is 0 Å². The molecule has 0 saturated carbocycles. The van der Waals surface area contributed by atoms with Gasteiger partial charge < -0.3 is 21.7 Å². The zero-order valence-electron chi connectivity index (χ0n) is 10.6. The summed E-state index contributed by atoms with van der Waals surface area (Å²) in [6.45, 7) is 12.7. The SMILES string of the molecule is C[Si](C)(C)CN(CCN)CCNCCN. The van der Waals surface area contributed by atoms with Crippen molar-refractivity contribution in [3.63, 3.8) is 0 Å². The Morgan fingerprint density at radius 3 is 2.13 bits per heavy atom. The van der Waals surface area contributed by atoms with Crippen LogP contribution in [0.1, 0.15) is 0 Å². The largest absolute Gasteiger partial charge is 0.329 e. The molecule has 5 heteroatoms. The third kappa shape index (κ3) is 10.3. The fourth-order valence-electron chi connectivity index (χ4n) is 1.59. The first-order valence-electron chi connectivity index (χ1n) is 5.83. The van der Waals surface area contributed by atoms with Crippen molar-refractivity contribution in [1.29, 1.82) is 0 Å². The monoisotopic (exact) mass is 232 g/mol. The normalized spacial score (nSPS) is 12.4. The van der Waals surface area contributed by atoms with Gasteiger partial charge in [-0.3, -0.25) is 0 Å². The Balaban J connectivity index is 3.73. The van der Waals surface area contributed by atoms with Crippen LogP contribution >= 0.6 is 0 Å². The standard InChI is InChI=1S/C10H28N4Si/c1-15(2,3)10-14(8-5-12)9-7-13-6-4-11/h13H,4-12H2,1-3H3. The Bertz CT molecular complexity index is 147. The fourth-order valence-corrected chi connectivity index (χ4v) is 3.25. The molecule has 0 atom stereocenters. The Morgan fingerprint density at radius 1 is 1.00 bits per heavy atom. The third-order valence-electron chi connectivity index (χ3n) is 2.07. The lowest BCUT2D eigenvalue weighted by Crippen LogP contribution is -2.45. The number of hydrogen-bond acceptors (Lipinski definition) is 4. The van der Waals surface area contributed by atoms with E-state index in [1.54, 1.807) is 0 Å². The maximum Gasteiger partial charge on any atom is 0.0599 e. The summed E-state index contributed by atoms with van der Waals surface area (Å²) in [5.41, 5.74) is 11.0. The first-order valence-corrected chi connectivity index (χ1v) is 9.53. The number of nitrogens with one attached hydrogen (secondary N) is 1. The van der Waals surface area contributed by atoms with E-state index in [-0.39, 0.29) is 0 Å². The summed E-state index contributed by atoms with van der Waals surface area (Å²) in [5, 5.41) is 3.32. The van der Waals surface area contributed by atoms with Crippen LogP contribution in [0.15, 0.2) is 0 Å². The molecule has 0 spiro atoms. The van der Waals surface area contributed by atoms with Crippen LogP contribution < -0.4 is 16.8 Å². The van der Waals surface area contributed by atoms with Gasteiger partial charge in [-0.1, -0.05) is 19.6 Å². The molecule has 0 aliphatic heterocycles. The lowest BCUT2D eigenvalue weighted by molar-refractivity contribution is 0.319. The average molecular weight is 232 g/mol. The summed E-state index contributed by atoms with van der Waals surface area (Å²) >= 11 is 0. The second-order valence-corrected chi connectivity index (χ2v) is 10.6.